The molecule has 0 saturated heterocycles. The largest absolute Gasteiger partial charge is 0.507 e. The van der Waals surface area contributed by atoms with Crippen LogP contribution in [0.1, 0.15) is 5.56 Å². The van der Waals surface area contributed by atoms with Crippen LogP contribution >= 0.6 is 34.8 Å². The Balaban J connectivity index is 3.14. The first kappa shape index (κ1) is 8.91. The minimum Gasteiger partial charge on any atom is -0.507 e. The third kappa shape index (κ3) is 2.12. The Hall–Kier alpha value is -0.180. The first-order valence-corrected chi connectivity index (χ1v) is 3.85. The van der Waals surface area contributed by atoms with Crippen LogP contribution in [0.3, 0.4) is 0 Å². The Morgan fingerprint density at radius 1 is 1.36 bits per heavy atom. The van der Waals surface area contributed by atoms with Crippen molar-refractivity contribution in [3.05, 3.63) is 24.0 Å². The molecule has 0 unspecified atom stereocenters. The van der Waals surface area contributed by atoms with Gasteiger partial charge in [0.1, 0.15) is 5.75 Å². The molecule has 0 amide bonds. The van der Waals surface area contributed by atoms with E-state index in [9.17, 15) is 0 Å². The SMILES string of the molecule is Oc1ccncc1C(Cl)(Cl)Cl. The number of aromatic nitrogens is 1. The van der Waals surface area contributed by atoms with Crippen molar-refractivity contribution in [3.8, 4) is 5.75 Å². The number of nitrogens with zero attached hydrogens (tertiary/aromatic N) is 1. The summed E-state index contributed by atoms with van der Waals surface area (Å²) in [5, 5.41) is 9.15. The predicted molar refractivity (Wildman–Crippen MR) is 45.1 cm³/mol. The van der Waals surface area contributed by atoms with E-state index < -0.39 is 3.79 Å². The van der Waals surface area contributed by atoms with Gasteiger partial charge in [-0.1, -0.05) is 34.8 Å². The van der Waals surface area contributed by atoms with Crippen LogP contribution in [-0.4, -0.2) is 10.1 Å². The minimum atomic E-state index is -1.61. The van der Waals surface area contributed by atoms with Crippen molar-refractivity contribution in [1.82, 2.24) is 4.98 Å². The van der Waals surface area contributed by atoms with Crippen molar-refractivity contribution in [2.45, 2.75) is 3.79 Å². The fraction of sp³-hybridized carbons (Fsp3) is 0.167. The van der Waals surface area contributed by atoms with Crippen LogP contribution in [0.2, 0.25) is 0 Å². The molecule has 0 spiro atoms. The Bertz CT molecular complexity index is 258. The molecule has 1 aromatic heterocycles. The highest BCUT2D eigenvalue weighted by Gasteiger charge is 2.26. The number of rotatable bonds is 0. The first-order chi connectivity index (χ1) is 5.02. The highest BCUT2D eigenvalue weighted by Crippen LogP contribution is 2.41. The molecule has 0 aliphatic carbocycles. The van der Waals surface area contributed by atoms with E-state index in [1.54, 1.807) is 0 Å². The van der Waals surface area contributed by atoms with Gasteiger partial charge in [-0.15, -0.1) is 0 Å². The molecule has 1 rings (SSSR count). The van der Waals surface area contributed by atoms with Gasteiger partial charge in [-0.05, 0) is 6.07 Å². The molecule has 0 aromatic carbocycles. The molecule has 11 heavy (non-hydrogen) atoms. The molecule has 0 bridgehead atoms. The summed E-state index contributed by atoms with van der Waals surface area (Å²) in [6, 6.07) is 1.36. The molecule has 0 aliphatic rings. The molecule has 0 aliphatic heterocycles. The standard InChI is InChI=1S/C6H4Cl3NO/c7-6(8,9)4-3-10-2-1-5(4)11/h1-3H,(H,10,11). The van der Waals surface area contributed by atoms with Crippen molar-refractivity contribution < 1.29 is 5.11 Å². The summed E-state index contributed by atoms with van der Waals surface area (Å²) in [5.41, 5.74) is 0.185. The van der Waals surface area contributed by atoms with Crippen LogP contribution in [0.15, 0.2) is 18.5 Å². The van der Waals surface area contributed by atoms with Crippen LogP contribution in [0.4, 0.5) is 0 Å². The molecular formula is C6H4Cl3NO. The van der Waals surface area contributed by atoms with E-state index >= 15 is 0 Å². The van der Waals surface area contributed by atoms with Gasteiger partial charge in [0.15, 0.2) is 0 Å². The lowest BCUT2D eigenvalue weighted by Crippen LogP contribution is -2.00. The van der Waals surface area contributed by atoms with Crippen molar-refractivity contribution in [2.24, 2.45) is 0 Å². The van der Waals surface area contributed by atoms with E-state index in [-0.39, 0.29) is 11.3 Å². The maximum absolute atomic E-state index is 9.15. The van der Waals surface area contributed by atoms with E-state index in [1.807, 2.05) is 0 Å². The van der Waals surface area contributed by atoms with Gasteiger partial charge in [-0.3, -0.25) is 4.98 Å². The van der Waals surface area contributed by atoms with Crippen LogP contribution < -0.4 is 0 Å². The first-order valence-electron chi connectivity index (χ1n) is 2.72. The second-order valence-electron chi connectivity index (χ2n) is 1.89. The molecule has 0 saturated carbocycles. The van der Waals surface area contributed by atoms with Gasteiger partial charge in [0.25, 0.3) is 0 Å². The van der Waals surface area contributed by atoms with Crippen LogP contribution in [0, 0.1) is 0 Å². The molecule has 2 nitrogen and oxygen atoms in total. The van der Waals surface area contributed by atoms with Gasteiger partial charge in [-0.2, -0.15) is 0 Å². The van der Waals surface area contributed by atoms with E-state index in [0.29, 0.717) is 0 Å². The summed E-state index contributed by atoms with van der Waals surface area (Å²) in [4.78, 5) is 3.70. The highest BCUT2D eigenvalue weighted by atomic mass is 35.6. The second-order valence-corrected chi connectivity index (χ2v) is 4.17. The van der Waals surface area contributed by atoms with Gasteiger partial charge in [-0.25, -0.2) is 0 Å². The van der Waals surface area contributed by atoms with E-state index in [0.717, 1.165) is 0 Å². The zero-order chi connectivity index (χ0) is 8.48. The Morgan fingerprint density at radius 2 is 2.00 bits per heavy atom. The quantitative estimate of drug-likeness (QED) is 0.671. The number of halogens is 3. The average Bonchev–Trinajstić information content (AvgIpc) is 1.86. The molecular weight excluding hydrogens is 208 g/mol. The van der Waals surface area contributed by atoms with E-state index in [2.05, 4.69) is 4.98 Å². The maximum Gasteiger partial charge on any atom is 0.221 e. The molecule has 1 aromatic rings. The lowest BCUT2D eigenvalue weighted by atomic mass is 10.3. The fourth-order valence-electron chi connectivity index (χ4n) is 0.606. The van der Waals surface area contributed by atoms with Gasteiger partial charge in [0.05, 0.1) is 5.56 Å². The Morgan fingerprint density at radius 3 is 2.36 bits per heavy atom. The number of hydrogen-bond acceptors (Lipinski definition) is 2. The van der Waals surface area contributed by atoms with Gasteiger partial charge < -0.3 is 5.11 Å². The van der Waals surface area contributed by atoms with Crippen molar-refractivity contribution in [3.63, 3.8) is 0 Å². The molecule has 5 heteroatoms. The lowest BCUT2D eigenvalue weighted by Gasteiger charge is -2.11. The van der Waals surface area contributed by atoms with Crippen LogP contribution in [0.5, 0.6) is 5.75 Å². The normalized spacial score (nSPS) is 11.5. The Labute approximate surface area is 78.7 Å². The molecule has 1 heterocycles. The molecule has 0 radical (unpaired) electrons. The molecule has 0 fully saturated rings. The topological polar surface area (TPSA) is 33.1 Å². The zero-order valence-electron chi connectivity index (χ0n) is 5.26. The second kappa shape index (κ2) is 3.05. The third-order valence-corrected chi connectivity index (χ3v) is 1.71. The zero-order valence-corrected chi connectivity index (χ0v) is 7.53. The molecule has 60 valence electrons. The number of aromatic hydroxyl groups is 1. The smallest absolute Gasteiger partial charge is 0.221 e. The predicted octanol–water partition coefficient (Wildman–Crippen LogP) is 2.61. The number of pyridine rings is 1. The number of alkyl halides is 3. The summed E-state index contributed by atoms with van der Waals surface area (Å²) in [5.74, 6) is -0.0694. The van der Waals surface area contributed by atoms with Crippen LogP contribution in [-0.2, 0) is 3.79 Å². The van der Waals surface area contributed by atoms with E-state index in [1.165, 1.54) is 18.5 Å². The fourth-order valence-corrected chi connectivity index (χ4v) is 1.04. The lowest BCUT2D eigenvalue weighted by molar-refractivity contribution is 0.468. The Kier molecular flexibility index (Phi) is 2.47. The molecule has 0 atom stereocenters. The van der Waals surface area contributed by atoms with Gasteiger partial charge >= 0.3 is 0 Å². The summed E-state index contributed by atoms with van der Waals surface area (Å²) >= 11 is 16.5. The summed E-state index contributed by atoms with van der Waals surface area (Å²) < 4.78 is -1.61. The summed E-state index contributed by atoms with van der Waals surface area (Å²) in [6.45, 7) is 0. The van der Waals surface area contributed by atoms with Gasteiger partial charge in [0, 0.05) is 12.4 Å². The van der Waals surface area contributed by atoms with Crippen molar-refractivity contribution in [2.75, 3.05) is 0 Å². The summed E-state index contributed by atoms with van der Waals surface area (Å²) in [6.07, 6.45) is 2.72. The van der Waals surface area contributed by atoms with Crippen LogP contribution in [0.25, 0.3) is 0 Å². The van der Waals surface area contributed by atoms with Gasteiger partial charge in [0.2, 0.25) is 3.79 Å². The van der Waals surface area contributed by atoms with Crippen molar-refractivity contribution >= 4 is 34.8 Å². The monoisotopic (exact) mass is 211 g/mol. The third-order valence-electron chi connectivity index (χ3n) is 1.10. The molecule has 1 N–H and O–H groups in total. The highest BCUT2D eigenvalue weighted by molar-refractivity contribution is 6.66. The average molecular weight is 212 g/mol. The minimum absolute atomic E-state index is 0.0694. The van der Waals surface area contributed by atoms with Crippen molar-refractivity contribution in [1.29, 1.82) is 0 Å². The summed E-state index contributed by atoms with van der Waals surface area (Å²) in [7, 11) is 0. The number of hydrogen-bond donors (Lipinski definition) is 1. The maximum atomic E-state index is 9.15. The van der Waals surface area contributed by atoms with E-state index in [4.69, 9.17) is 39.9 Å².